The molecule has 3 fully saturated rings. The summed E-state index contributed by atoms with van der Waals surface area (Å²) in [4.78, 5) is 49.1. The first kappa shape index (κ1) is 29.5. The third kappa shape index (κ3) is 7.06. The average molecular weight is 571 g/mol. The summed E-state index contributed by atoms with van der Waals surface area (Å²) in [5.41, 5.74) is 8.16. The average Bonchev–Trinajstić information content (AvgIpc) is 3.49. The van der Waals surface area contributed by atoms with Gasteiger partial charge < -0.3 is 21.3 Å². The fraction of sp³-hybridized carbons (Fsp3) is 0.485. The van der Waals surface area contributed by atoms with Crippen LogP contribution in [0.25, 0.3) is 0 Å². The summed E-state index contributed by atoms with van der Waals surface area (Å²) in [6, 6.07) is 8.71. The molecule has 3 amide bonds. The Kier molecular flexibility index (Phi) is 9.35. The van der Waals surface area contributed by atoms with Crippen LogP contribution in [0.4, 0.5) is 11.5 Å². The normalized spacial score (nSPS) is 21.9. The fourth-order valence-electron chi connectivity index (χ4n) is 6.52. The van der Waals surface area contributed by atoms with Crippen LogP contribution in [0.2, 0.25) is 0 Å². The van der Waals surface area contributed by atoms with Gasteiger partial charge in [0.2, 0.25) is 0 Å². The van der Waals surface area contributed by atoms with E-state index in [2.05, 4.69) is 39.0 Å². The maximum atomic E-state index is 13.3. The summed E-state index contributed by atoms with van der Waals surface area (Å²) < 4.78 is 0. The van der Waals surface area contributed by atoms with Gasteiger partial charge in [-0.3, -0.25) is 19.4 Å². The van der Waals surface area contributed by atoms with Crippen LogP contribution >= 0.6 is 0 Å². The monoisotopic (exact) mass is 570 g/mol. The van der Waals surface area contributed by atoms with Crippen LogP contribution in [0.1, 0.15) is 109 Å². The van der Waals surface area contributed by atoms with Gasteiger partial charge in [-0.05, 0) is 75.3 Å². The molecule has 1 saturated heterocycles. The lowest BCUT2D eigenvalue weighted by atomic mass is 9.90. The molecule has 2 unspecified atom stereocenters. The van der Waals surface area contributed by atoms with E-state index in [4.69, 9.17) is 5.73 Å². The van der Waals surface area contributed by atoms with Gasteiger partial charge in [0, 0.05) is 48.2 Å². The predicted octanol–water partition coefficient (Wildman–Crippen LogP) is 5.44. The second-order valence-electron chi connectivity index (χ2n) is 12.0. The van der Waals surface area contributed by atoms with E-state index in [0.717, 1.165) is 50.0 Å². The van der Waals surface area contributed by atoms with Gasteiger partial charge in [-0.2, -0.15) is 0 Å². The highest BCUT2D eigenvalue weighted by molar-refractivity contribution is 6.02. The number of pyridine rings is 1. The summed E-state index contributed by atoms with van der Waals surface area (Å²) in [5, 5.41) is 6.24. The molecule has 2 aliphatic carbocycles. The number of nitrogens with one attached hydrogen (secondary N) is 2. The van der Waals surface area contributed by atoms with E-state index in [0.29, 0.717) is 41.1 Å². The van der Waals surface area contributed by atoms with Crippen LogP contribution in [0.15, 0.2) is 53.8 Å². The topological polar surface area (TPSA) is 130 Å². The van der Waals surface area contributed by atoms with Gasteiger partial charge in [0.1, 0.15) is 5.82 Å². The quantitative estimate of drug-likeness (QED) is 0.364. The Hall–Kier alpha value is -4.01. The van der Waals surface area contributed by atoms with Crippen molar-refractivity contribution < 1.29 is 14.4 Å². The van der Waals surface area contributed by atoms with Gasteiger partial charge in [-0.25, -0.2) is 4.98 Å². The predicted molar refractivity (Wildman–Crippen MR) is 165 cm³/mol. The lowest BCUT2D eigenvalue weighted by molar-refractivity contribution is 0.0925. The van der Waals surface area contributed by atoms with E-state index in [9.17, 15) is 14.4 Å². The molecule has 0 bridgehead atoms. The number of nitrogens with two attached hydrogens (primary N) is 1. The van der Waals surface area contributed by atoms with Crippen molar-refractivity contribution in [2.75, 3.05) is 4.90 Å². The van der Waals surface area contributed by atoms with Crippen LogP contribution in [0.5, 0.6) is 0 Å². The second-order valence-corrected chi connectivity index (χ2v) is 12.0. The molecule has 42 heavy (non-hydrogen) atoms. The fourth-order valence-corrected chi connectivity index (χ4v) is 6.52. The van der Waals surface area contributed by atoms with Gasteiger partial charge in [0.15, 0.2) is 0 Å². The molecule has 2 heterocycles. The highest BCUT2D eigenvalue weighted by atomic mass is 16.2. The standard InChI is InChI=1S/C33H42N6O3/c1-21-16-27(17-22(2)39(21)30-15-13-25(20-36-30)33(42)37-26-10-6-7-11-26)38-32(41)24-12-14-28(31(34)40)29(18-24)35-19-23-8-4-3-5-9-23/h12-15,18-20,22-23,26-27H,1,3-11,16-17H2,2H3,(H2,34,40)(H,37,42)(H,38,41). The van der Waals surface area contributed by atoms with Crippen LogP contribution < -0.4 is 21.3 Å². The molecule has 4 N–H and O–H groups in total. The maximum absolute atomic E-state index is 13.3. The Balaban J connectivity index is 1.21. The largest absolute Gasteiger partial charge is 0.366 e. The molecule has 9 nitrogen and oxygen atoms in total. The number of nitrogens with zero attached hydrogens (tertiary/aromatic N) is 3. The van der Waals surface area contributed by atoms with Crippen molar-refractivity contribution in [3.63, 3.8) is 0 Å². The van der Waals surface area contributed by atoms with Gasteiger partial charge in [-0.1, -0.05) is 38.7 Å². The molecule has 3 aliphatic rings. The Morgan fingerprint density at radius 2 is 1.62 bits per heavy atom. The van der Waals surface area contributed by atoms with Gasteiger partial charge in [0.25, 0.3) is 17.7 Å². The zero-order valence-electron chi connectivity index (χ0n) is 24.5. The Labute approximate surface area is 248 Å². The number of aromatic nitrogens is 1. The second kappa shape index (κ2) is 13.3. The van der Waals surface area contributed by atoms with E-state index in [1.807, 2.05) is 18.3 Å². The molecule has 1 aromatic carbocycles. The van der Waals surface area contributed by atoms with Crippen molar-refractivity contribution in [1.29, 1.82) is 0 Å². The lowest BCUT2D eigenvalue weighted by Gasteiger charge is -2.40. The van der Waals surface area contributed by atoms with Crippen LogP contribution in [-0.2, 0) is 0 Å². The van der Waals surface area contributed by atoms with E-state index in [-0.39, 0.29) is 29.9 Å². The Morgan fingerprint density at radius 1 is 0.952 bits per heavy atom. The van der Waals surface area contributed by atoms with Crippen molar-refractivity contribution in [3.8, 4) is 0 Å². The number of amides is 3. The van der Waals surface area contributed by atoms with Crippen molar-refractivity contribution in [2.24, 2.45) is 16.6 Å². The van der Waals surface area contributed by atoms with E-state index >= 15 is 0 Å². The first-order chi connectivity index (χ1) is 20.3. The molecule has 2 saturated carbocycles. The van der Waals surface area contributed by atoms with Crippen molar-refractivity contribution in [1.82, 2.24) is 15.6 Å². The number of carbonyl (C=O) groups excluding carboxylic acids is 3. The summed E-state index contributed by atoms with van der Waals surface area (Å²) >= 11 is 0. The van der Waals surface area contributed by atoms with Crippen LogP contribution in [0, 0.1) is 5.92 Å². The zero-order valence-corrected chi connectivity index (χ0v) is 24.5. The van der Waals surface area contributed by atoms with Gasteiger partial charge in [-0.15, -0.1) is 0 Å². The summed E-state index contributed by atoms with van der Waals surface area (Å²) in [5.74, 6) is 0.244. The number of carbonyl (C=O) groups is 3. The molecular weight excluding hydrogens is 528 g/mol. The number of piperidine rings is 1. The SMILES string of the molecule is C=C1CC(NC(=O)c2ccc(C(N)=O)c(N=CC3CCCCC3)c2)CC(C)N1c1ccc(C(=O)NC2CCCC2)cn1. The lowest BCUT2D eigenvalue weighted by Crippen LogP contribution is -2.47. The Bertz CT molecular complexity index is 1340. The van der Waals surface area contributed by atoms with Gasteiger partial charge >= 0.3 is 0 Å². The Morgan fingerprint density at radius 3 is 2.29 bits per heavy atom. The van der Waals surface area contributed by atoms with Crippen molar-refractivity contribution >= 4 is 35.4 Å². The minimum atomic E-state index is -0.564. The third-order valence-electron chi connectivity index (χ3n) is 8.77. The minimum Gasteiger partial charge on any atom is -0.366 e. The molecule has 0 spiro atoms. The number of benzene rings is 1. The highest BCUT2D eigenvalue weighted by Crippen LogP contribution is 2.31. The zero-order chi connectivity index (χ0) is 29.6. The molecule has 1 aromatic heterocycles. The molecule has 2 atom stereocenters. The summed E-state index contributed by atoms with van der Waals surface area (Å²) in [7, 11) is 0. The number of anilines is 1. The number of rotatable bonds is 8. The first-order valence-electron chi connectivity index (χ1n) is 15.3. The van der Waals surface area contributed by atoms with Crippen LogP contribution in [-0.4, -0.2) is 47.0 Å². The summed E-state index contributed by atoms with van der Waals surface area (Å²) in [6.07, 6.45) is 15.0. The van der Waals surface area contributed by atoms with Crippen molar-refractivity contribution in [3.05, 3.63) is 65.5 Å². The van der Waals surface area contributed by atoms with E-state index in [1.54, 1.807) is 24.4 Å². The van der Waals surface area contributed by atoms with Crippen molar-refractivity contribution in [2.45, 2.75) is 95.7 Å². The number of aliphatic imine (C=N–C) groups is 1. The number of hydrogen-bond donors (Lipinski definition) is 3. The van der Waals surface area contributed by atoms with E-state index in [1.165, 1.54) is 19.3 Å². The number of primary amides is 1. The minimum absolute atomic E-state index is 0.0371. The maximum Gasteiger partial charge on any atom is 0.253 e. The molecular formula is C33H42N6O3. The van der Waals surface area contributed by atoms with Gasteiger partial charge in [0.05, 0.1) is 16.8 Å². The highest BCUT2D eigenvalue weighted by Gasteiger charge is 2.31. The third-order valence-corrected chi connectivity index (χ3v) is 8.77. The molecule has 9 heteroatoms. The summed E-state index contributed by atoms with van der Waals surface area (Å²) in [6.45, 7) is 6.35. The first-order valence-corrected chi connectivity index (χ1v) is 15.3. The smallest absolute Gasteiger partial charge is 0.253 e. The molecule has 222 valence electrons. The van der Waals surface area contributed by atoms with E-state index < -0.39 is 5.91 Å². The van der Waals surface area contributed by atoms with Crippen LogP contribution in [0.3, 0.4) is 0 Å². The number of hydrogen-bond acceptors (Lipinski definition) is 6. The molecule has 2 aromatic rings. The molecule has 0 radical (unpaired) electrons. The molecule has 1 aliphatic heterocycles. The molecule has 5 rings (SSSR count).